The lowest BCUT2D eigenvalue weighted by atomic mass is 9.96. The van der Waals surface area contributed by atoms with Gasteiger partial charge in [-0.2, -0.15) is 4.31 Å². The van der Waals surface area contributed by atoms with Gasteiger partial charge in [-0.05, 0) is 38.1 Å². The summed E-state index contributed by atoms with van der Waals surface area (Å²) < 4.78 is 27.2. The van der Waals surface area contributed by atoms with Gasteiger partial charge < -0.3 is 9.80 Å². The van der Waals surface area contributed by atoms with E-state index in [0.717, 1.165) is 30.4 Å². The Bertz CT molecular complexity index is 973. The molecular weight excluding hydrogens is 422 g/mol. The van der Waals surface area contributed by atoms with Gasteiger partial charge in [-0.3, -0.25) is 4.79 Å². The lowest BCUT2D eigenvalue weighted by molar-refractivity contribution is -0.137. The van der Waals surface area contributed by atoms with Gasteiger partial charge in [-0.25, -0.2) is 18.4 Å². The fourth-order valence-corrected chi connectivity index (χ4v) is 6.77. The Labute approximate surface area is 181 Å². The molecule has 2 aromatic heterocycles. The Kier molecular flexibility index (Phi) is 6.08. The summed E-state index contributed by atoms with van der Waals surface area (Å²) in [6.07, 6.45) is 1.15. The van der Waals surface area contributed by atoms with Crippen molar-refractivity contribution in [2.75, 3.05) is 44.2 Å². The van der Waals surface area contributed by atoms with Gasteiger partial charge in [0.1, 0.15) is 15.9 Å². The molecule has 30 heavy (non-hydrogen) atoms. The zero-order valence-electron chi connectivity index (χ0n) is 17.3. The van der Waals surface area contributed by atoms with Crippen LogP contribution < -0.4 is 4.90 Å². The second kappa shape index (κ2) is 8.60. The quantitative estimate of drug-likeness (QED) is 0.709. The molecule has 0 aliphatic carbocycles. The van der Waals surface area contributed by atoms with E-state index in [4.69, 9.17) is 0 Å². The zero-order valence-corrected chi connectivity index (χ0v) is 19.0. The number of piperazine rings is 1. The topological polar surface area (TPSA) is 86.7 Å². The highest BCUT2D eigenvalue weighted by Crippen LogP contribution is 2.27. The maximum atomic E-state index is 13.0. The summed E-state index contributed by atoms with van der Waals surface area (Å²) in [4.78, 5) is 26.0. The van der Waals surface area contributed by atoms with E-state index in [-0.39, 0.29) is 11.8 Å². The van der Waals surface area contributed by atoms with E-state index < -0.39 is 10.0 Å². The average Bonchev–Trinajstić information content (AvgIpc) is 3.29. The fourth-order valence-electron chi connectivity index (χ4n) is 4.15. The summed E-state index contributed by atoms with van der Waals surface area (Å²) >= 11 is 1.23. The highest BCUT2D eigenvalue weighted by molar-refractivity contribution is 7.91. The molecule has 0 N–H and O–H groups in total. The molecule has 4 rings (SSSR count). The summed E-state index contributed by atoms with van der Waals surface area (Å²) in [6.45, 7) is 7.46. The van der Waals surface area contributed by atoms with Gasteiger partial charge in [0.25, 0.3) is 10.0 Å². The predicted octanol–water partition coefficient (Wildman–Crippen LogP) is 1.90. The van der Waals surface area contributed by atoms with Crippen LogP contribution in [0.15, 0.2) is 27.8 Å². The van der Waals surface area contributed by atoms with E-state index in [1.165, 1.54) is 15.6 Å². The Morgan fingerprint density at radius 3 is 2.37 bits per heavy atom. The van der Waals surface area contributed by atoms with Crippen molar-refractivity contribution in [2.24, 2.45) is 5.92 Å². The number of aryl methyl sites for hydroxylation is 2. The smallest absolute Gasteiger partial charge is 0.252 e. The van der Waals surface area contributed by atoms with Crippen LogP contribution in [-0.4, -0.2) is 72.8 Å². The Morgan fingerprint density at radius 1 is 1.07 bits per heavy atom. The van der Waals surface area contributed by atoms with Crippen molar-refractivity contribution in [3.05, 3.63) is 35.1 Å². The van der Waals surface area contributed by atoms with Crippen molar-refractivity contribution >= 4 is 33.1 Å². The van der Waals surface area contributed by atoms with Crippen molar-refractivity contribution in [2.45, 2.75) is 30.9 Å². The molecule has 10 heteroatoms. The molecule has 8 nitrogen and oxygen atoms in total. The first-order chi connectivity index (χ1) is 14.3. The number of sulfonamides is 1. The van der Waals surface area contributed by atoms with Gasteiger partial charge in [0.05, 0.1) is 0 Å². The molecule has 0 bridgehead atoms. The number of aromatic nitrogens is 2. The second-order valence-corrected chi connectivity index (χ2v) is 10.9. The van der Waals surface area contributed by atoms with Crippen LogP contribution in [0.2, 0.25) is 0 Å². The normalized spacial score (nSPS) is 19.3. The second-order valence-electron chi connectivity index (χ2n) is 7.84. The summed E-state index contributed by atoms with van der Waals surface area (Å²) in [6, 6.07) is 5.36. The monoisotopic (exact) mass is 449 g/mol. The first-order valence-electron chi connectivity index (χ1n) is 10.2. The number of piperidine rings is 1. The molecule has 1 amide bonds. The van der Waals surface area contributed by atoms with E-state index in [1.807, 2.05) is 24.8 Å². The van der Waals surface area contributed by atoms with Gasteiger partial charge in [-0.15, -0.1) is 11.3 Å². The van der Waals surface area contributed by atoms with Gasteiger partial charge in [-0.1, -0.05) is 6.07 Å². The van der Waals surface area contributed by atoms with E-state index in [0.29, 0.717) is 43.2 Å². The summed E-state index contributed by atoms with van der Waals surface area (Å²) in [5.74, 6) is 1.72. The lowest BCUT2D eigenvalue weighted by Gasteiger charge is -2.38. The van der Waals surface area contributed by atoms with Crippen molar-refractivity contribution < 1.29 is 13.2 Å². The van der Waals surface area contributed by atoms with Gasteiger partial charge in [0, 0.05) is 56.9 Å². The van der Waals surface area contributed by atoms with Crippen LogP contribution in [0, 0.1) is 19.8 Å². The number of rotatable bonds is 4. The molecule has 2 aromatic rings. The van der Waals surface area contributed by atoms with E-state index in [2.05, 4.69) is 14.9 Å². The third kappa shape index (κ3) is 4.35. The maximum Gasteiger partial charge on any atom is 0.252 e. The number of hydrogen-bond acceptors (Lipinski definition) is 7. The van der Waals surface area contributed by atoms with Crippen molar-refractivity contribution in [1.29, 1.82) is 0 Å². The molecule has 0 spiro atoms. The summed E-state index contributed by atoms with van der Waals surface area (Å²) in [5, 5.41) is 1.77. The van der Waals surface area contributed by atoms with Gasteiger partial charge in [0.15, 0.2) is 0 Å². The number of carbonyl (C=O) groups excluding carboxylic acids is 1. The molecule has 0 saturated carbocycles. The minimum atomic E-state index is -3.43. The number of amides is 1. The van der Waals surface area contributed by atoms with Gasteiger partial charge in [0.2, 0.25) is 5.91 Å². The van der Waals surface area contributed by atoms with E-state index in [1.54, 1.807) is 17.5 Å². The number of nitrogens with zero attached hydrogens (tertiary/aromatic N) is 5. The largest absolute Gasteiger partial charge is 0.353 e. The first kappa shape index (κ1) is 21.2. The van der Waals surface area contributed by atoms with Crippen LogP contribution in [0.3, 0.4) is 0 Å². The number of thiophene rings is 1. The Balaban J connectivity index is 1.31. The minimum absolute atomic E-state index is 0.102. The van der Waals surface area contributed by atoms with Crippen molar-refractivity contribution in [3.8, 4) is 0 Å². The predicted molar refractivity (Wildman–Crippen MR) is 116 cm³/mol. The summed E-state index contributed by atoms with van der Waals surface area (Å²) in [5.41, 5.74) is 0.945. The van der Waals surface area contributed by atoms with Crippen LogP contribution in [0.4, 0.5) is 5.82 Å². The van der Waals surface area contributed by atoms with Crippen LogP contribution in [0.1, 0.15) is 24.4 Å². The molecule has 0 aromatic carbocycles. The molecule has 2 saturated heterocycles. The number of anilines is 1. The minimum Gasteiger partial charge on any atom is -0.353 e. The highest BCUT2D eigenvalue weighted by Gasteiger charge is 2.35. The fraction of sp³-hybridized carbons (Fsp3) is 0.550. The highest BCUT2D eigenvalue weighted by atomic mass is 32.2. The average molecular weight is 450 g/mol. The molecule has 162 valence electrons. The van der Waals surface area contributed by atoms with Crippen molar-refractivity contribution in [3.63, 3.8) is 0 Å². The van der Waals surface area contributed by atoms with Crippen LogP contribution >= 0.6 is 11.3 Å². The maximum absolute atomic E-state index is 13.0. The Morgan fingerprint density at radius 2 is 1.77 bits per heavy atom. The molecule has 2 fully saturated rings. The Hall–Kier alpha value is -2.04. The van der Waals surface area contributed by atoms with Crippen LogP contribution in [0.25, 0.3) is 0 Å². The first-order valence-corrected chi connectivity index (χ1v) is 12.6. The third-order valence-electron chi connectivity index (χ3n) is 5.76. The molecule has 4 heterocycles. The van der Waals surface area contributed by atoms with Crippen LogP contribution in [0.5, 0.6) is 0 Å². The standard InChI is InChI=1S/C20H27N5O3S2/c1-15-14-18(22-16(2)21-15)23-9-11-24(12-10-23)20(26)17-5-7-25(8-6-17)30(27,28)19-4-3-13-29-19/h3-4,13-14,17H,5-12H2,1-2H3. The molecule has 0 radical (unpaired) electrons. The molecule has 0 unspecified atom stereocenters. The summed E-state index contributed by atoms with van der Waals surface area (Å²) in [7, 11) is -3.43. The van der Waals surface area contributed by atoms with E-state index >= 15 is 0 Å². The SMILES string of the molecule is Cc1cc(N2CCN(C(=O)C3CCN(S(=O)(=O)c4cccs4)CC3)CC2)nc(C)n1. The molecule has 2 aliphatic rings. The van der Waals surface area contributed by atoms with E-state index in [9.17, 15) is 13.2 Å². The number of hydrogen-bond donors (Lipinski definition) is 0. The van der Waals surface area contributed by atoms with Crippen LogP contribution in [-0.2, 0) is 14.8 Å². The third-order valence-corrected chi connectivity index (χ3v) is 9.03. The molecule has 2 aliphatic heterocycles. The van der Waals surface area contributed by atoms with Crippen molar-refractivity contribution in [1.82, 2.24) is 19.2 Å². The zero-order chi connectivity index (χ0) is 21.3. The number of carbonyl (C=O) groups is 1. The molecular formula is C20H27N5O3S2. The molecule has 0 atom stereocenters. The van der Waals surface area contributed by atoms with Gasteiger partial charge >= 0.3 is 0 Å². The lowest BCUT2D eigenvalue weighted by Crippen LogP contribution is -2.52.